The summed E-state index contributed by atoms with van der Waals surface area (Å²) in [4.78, 5) is 3.43. The molecule has 2 aromatic rings. The predicted octanol–water partition coefficient (Wildman–Crippen LogP) is 1.83. The van der Waals surface area contributed by atoms with Gasteiger partial charge >= 0.3 is 0 Å². The van der Waals surface area contributed by atoms with Crippen LogP contribution in [-0.2, 0) is 9.05 Å². The number of aromatic nitrogens is 3. The molecule has 2 rings (SSSR count). The van der Waals surface area contributed by atoms with Crippen molar-refractivity contribution in [3.05, 3.63) is 29.9 Å². The summed E-state index contributed by atoms with van der Waals surface area (Å²) in [5.74, 6) is -1.16. The summed E-state index contributed by atoms with van der Waals surface area (Å²) in [5, 5.41) is 3.17. The standard InChI is InChI=1S/C9H7ClFN3O2S/c1-2-3-6-4-5-7-12-8(11)9(14(7)13-6)17(10,15)16/h2-5H,1H3/b3-2-. The molecule has 90 valence electrons. The van der Waals surface area contributed by atoms with Crippen molar-refractivity contribution < 1.29 is 12.8 Å². The maximum Gasteiger partial charge on any atom is 0.283 e. The van der Waals surface area contributed by atoms with Crippen LogP contribution in [0.15, 0.2) is 23.2 Å². The highest BCUT2D eigenvalue weighted by Crippen LogP contribution is 2.19. The molecule has 0 aliphatic rings. The van der Waals surface area contributed by atoms with Crippen LogP contribution in [0.3, 0.4) is 0 Å². The molecule has 0 saturated carbocycles. The highest BCUT2D eigenvalue weighted by molar-refractivity contribution is 8.13. The van der Waals surface area contributed by atoms with E-state index in [9.17, 15) is 12.8 Å². The Balaban J connectivity index is 2.83. The number of halogens is 2. The molecule has 8 heteroatoms. The molecule has 0 radical (unpaired) electrons. The van der Waals surface area contributed by atoms with Gasteiger partial charge in [0.1, 0.15) is 0 Å². The number of allylic oxidation sites excluding steroid dienone is 1. The molecule has 0 saturated heterocycles. The smallest absolute Gasteiger partial charge is 0.205 e. The fraction of sp³-hybridized carbons (Fsp3) is 0.111. The van der Waals surface area contributed by atoms with Gasteiger partial charge in [-0.2, -0.15) is 19.0 Å². The first-order valence-electron chi connectivity index (χ1n) is 4.56. The summed E-state index contributed by atoms with van der Waals surface area (Å²) in [6.45, 7) is 1.78. The Morgan fingerprint density at radius 3 is 2.76 bits per heavy atom. The molecule has 0 atom stereocenters. The van der Waals surface area contributed by atoms with E-state index in [1.165, 1.54) is 6.07 Å². The molecule has 5 nitrogen and oxygen atoms in total. The number of fused-ring (bicyclic) bond motifs is 1. The topological polar surface area (TPSA) is 64.3 Å². The van der Waals surface area contributed by atoms with E-state index in [-0.39, 0.29) is 5.65 Å². The second kappa shape index (κ2) is 4.08. The van der Waals surface area contributed by atoms with Gasteiger partial charge in [-0.15, -0.1) is 0 Å². The molecule has 0 aromatic carbocycles. The van der Waals surface area contributed by atoms with E-state index < -0.39 is 20.0 Å². The van der Waals surface area contributed by atoms with Crippen molar-refractivity contribution in [1.82, 2.24) is 14.6 Å². The van der Waals surface area contributed by atoms with Gasteiger partial charge in [0, 0.05) is 10.7 Å². The minimum absolute atomic E-state index is 0.0787. The molecule has 0 unspecified atom stereocenters. The van der Waals surface area contributed by atoms with Gasteiger partial charge in [0.15, 0.2) is 5.65 Å². The number of nitrogens with zero attached hydrogens (tertiary/aromatic N) is 3. The van der Waals surface area contributed by atoms with Crippen LogP contribution in [0.2, 0.25) is 0 Å². The van der Waals surface area contributed by atoms with Crippen LogP contribution < -0.4 is 0 Å². The third-order valence-corrected chi connectivity index (χ3v) is 3.23. The Kier molecular flexibility index (Phi) is 2.88. The first-order chi connectivity index (χ1) is 7.93. The molecule has 0 bridgehead atoms. The Morgan fingerprint density at radius 1 is 1.47 bits per heavy atom. The Bertz CT molecular complexity index is 708. The Morgan fingerprint density at radius 2 is 2.18 bits per heavy atom. The van der Waals surface area contributed by atoms with Crippen LogP contribution in [0.4, 0.5) is 4.39 Å². The van der Waals surface area contributed by atoms with Crippen molar-refractivity contribution in [3.8, 4) is 0 Å². The molecular formula is C9H7ClFN3O2S. The third-order valence-electron chi connectivity index (χ3n) is 1.99. The minimum atomic E-state index is -4.24. The zero-order valence-corrected chi connectivity index (χ0v) is 10.2. The molecule has 17 heavy (non-hydrogen) atoms. The number of imidazole rings is 1. The summed E-state index contributed by atoms with van der Waals surface area (Å²) < 4.78 is 36.6. The molecular weight excluding hydrogens is 269 g/mol. The summed E-state index contributed by atoms with van der Waals surface area (Å²) in [6, 6.07) is 3.05. The summed E-state index contributed by atoms with van der Waals surface area (Å²) in [7, 11) is 0.890. The number of hydrogen-bond donors (Lipinski definition) is 0. The van der Waals surface area contributed by atoms with Gasteiger partial charge in [-0.25, -0.2) is 8.42 Å². The lowest BCUT2D eigenvalue weighted by Crippen LogP contribution is -2.03. The van der Waals surface area contributed by atoms with Crippen LogP contribution >= 0.6 is 10.7 Å². The van der Waals surface area contributed by atoms with E-state index in [1.54, 1.807) is 25.1 Å². The van der Waals surface area contributed by atoms with Crippen LogP contribution in [0, 0.1) is 5.95 Å². The zero-order chi connectivity index (χ0) is 12.6. The number of hydrogen-bond acceptors (Lipinski definition) is 4. The Hall–Kier alpha value is -1.47. The summed E-state index contributed by atoms with van der Waals surface area (Å²) in [5.41, 5.74) is 0.550. The molecule has 0 N–H and O–H groups in total. The van der Waals surface area contributed by atoms with Crippen molar-refractivity contribution in [3.63, 3.8) is 0 Å². The van der Waals surface area contributed by atoms with Crippen LogP contribution in [0.5, 0.6) is 0 Å². The number of rotatable bonds is 2. The second-order valence-electron chi connectivity index (χ2n) is 3.17. The SMILES string of the molecule is C/C=C\c1ccc2nc(F)c(S(=O)(=O)Cl)n2n1. The monoisotopic (exact) mass is 275 g/mol. The summed E-state index contributed by atoms with van der Waals surface area (Å²) >= 11 is 0. The van der Waals surface area contributed by atoms with Crippen molar-refractivity contribution in [2.24, 2.45) is 0 Å². The molecule has 2 aromatic heterocycles. The van der Waals surface area contributed by atoms with E-state index in [0.29, 0.717) is 5.69 Å². The van der Waals surface area contributed by atoms with E-state index in [1.807, 2.05) is 0 Å². The first kappa shape index (κ1) is 12.0. The summed E-state index contributed by atoms with van der Waals surface area (Å²) in [6.07, 6.45) is 3.36. The molecule has 0 aliphatic carbocycles. The van der Waals surface area contributed by atoms with Crippen molar-refractivity contribution in [2.75, 3.05) is 0 Å². The van der Waals surface area contributed by atoms with E-state index in [4.69, 9.17) is 10.7 Å². The second-order valence-corrected chi connectivity index (χ2v) is 5.66. The molecule has 2 heterocycles. The van der Waals surface area contributed by atoms with Crippen LogP contribution in [0.1, 0.15) is 12.6 Å². The largest absolute Gasteiger partial charge is 0.283 e. The maximum atomic E-state index is 13.4. The van der Waals surface area contributed by atoms with Gasteiger partial charge in [0.2, 0.25) is 5.03 Å². The van der Waals surface area contributed by atoms with Gasteiger partial charge in [0.25, 0.3) is 15.0 Å². The minimum Gasteiger partial charge on any atom is -0.205 e. The third kappa shape index (κ3) is 2.16. The fourth-order valence-electron chi connectivity index (χ4n) is 1.36. The lowest BCUT2D eigenvalue weighted by Gasteiger charge is -1.98. The average molecular weight is 276 g/mol. The Labute approximate surface area is 101 Å². The maximum absolute atomic E-state index is 13.4. The average Bonchev–Trinajstić information content (AvgIpc) is 2.53. The van der Waals surface area contributed by atoms with Gasteiger partial charge in [-0.05, 0) is 25.1 Å². The predicted molar refractivity (Wildman–Crippen MR) is 60.7 cm³/mol. The van der Waals surface area contributed by atoms with Crippen molar-refractivity contribution in [2.45, 2.75) is 11.9 Å². The molecule has 0 aliphatic heterocycles. The van der Waals surface area contributed by atoms with Gasteiger partial charge in [0.05, 0.1) is 5.69 Å². The molecule has 0 spiro atoms. The fourth-order valence-corrected chi connectivity index (χ4v) is 2.34. The zero-order valence-electron chi connectivity index (χ0n) is 8.63. The van der Waals surface area contributed by atoms with Gasteiger partial charge in [-0.3, -0.25) is 0 Å². The van der Waals surface area contributed by atoms with Gasteiger partial charge < -0.3 is 0 Å². The van der Waals surface area contributed by atoms with E-state index in [2.05, 4.69) is 10.1 Å². The van der Waals surface area contributed by atoms with E-state index >= 15 is 0 Å². The molecule has 0 fully saturated rings. The highest BCUT2D eigenvalue weighted by Gasteiger charge is 2.24. The van der Waals surface area contributed by atoms with Gasteiger partial charge in [-0.1, -0.05) is 6.08 Å². The normalized spacial score (nSPS) is 12.6. The van der Waals surface area contributed by atoms with Crippen molar-refractivity contribution >= 4 is 31.5 Å². The highest BCUT2D eigenvalue weighted by atomic mass is 35.7. The quantitative estimate of drug-likeness (QED) is 0.785. The first-order valence-corrected chi connectivity index (χ1v) is 6.87. The van der Waals surface area contributed by atoms with Crippen LogP contribution in [-0.4, -0.2) is 23.0 Å². The lowest BCUT2D eigenvalue weighted by atomic mass is 10.3. The van der Waals surface area contributed by atoms with Crippen molar-refractivity contribution in [1.29, 1.82) is 0 Å². The molecule has 0 amide bonds. The lowest BCUT2D eigenvalue weighted by molar-refractivity contribution is 0.539. The van der Waals surface area contributed by atoms with E-state index in [0.717, 1.165) is 4.52 Å². The van der Waals surface area contributed by atoms with Crippen LogP contribution in [0.25, 0.3) is 11.7 Å².